The Hall–Kier alpha value is -1.22. The van der Waals surface area contributed by atoms with E-state index in [0.717, 1.165) is 25.1 Å². The van der Waals surface area contributed by atoms with Crippen LogP contribution in [0.5, 0.6) is 5.75 Å². The van der Waals surface area contributed by atoms with Crippen LogP contribution in [0, 0.1) is 5.92 Å². The molecule has 1 aliphatic rings. The van der Waals surface area contributed by atoms with E-state index in [0.29, 0.717) is 5.92 Å². The molecule has 1 aromatic rings. The number of nitrogens with zero attached hydrogens (tertiary/aromatic N) is 1. The van der Waals surface area contributed by atoms with Crippen LogP contribution in [-0.4, -0.2) is 30.9 Å². The Morgan fingerprint density at radius 1 is 1.44 bits per heavy atom. The summed E-state index contributed by atoms with van der Waals surface area (Å²) in [6.07, 6.45) is 2.23. The Balaban J connectivity index is 2.30. The van der Waals surface area contributed by atoms with Gasteiger partial charge in [-0.2, -0.15) is 0 Å². The van der Waals surface area contributed by atoms with Gasteiger partial charge in [-0.1, -0.05) is 6.07 Å². The number of hydrogen-bond donors (Lipinski definition) is 1. The molecule has 1 unspecified atom stereocenters. The van der Waals surface area contributed by atoms with Gasteiger partial charge >= 0.3 is 0 Å². The summed E-state index contributed by atoms with van der Waals surface area (Å²) >= 11 is 0. The number of benzene rings is 1. The van der Waals surface area contributed by atoms with Gasteiger partial charge in [-0.05, 0) is 38.8 Å². The Labute approximate surface area is 109 Å². The number of aliphatic hydroxyl groups is 1. The molecule has 1 fully saturated rings. The lowest BCUT2D eigenvalue weighted by molar-refractivity contribution is 0.136. The highest BCUT2D eigenvalue weighted by molar-refractivity contribution is 5.53. The second-order valence-electron chi connectivity index (χ2n) is 5.53. The topological polar surface area (TPSA) is 32.7 Å². The van der Waals surface area contributed by atoms with Crippen molar-refractivity contribution < 1.29 is 9.84 Å². The molecule has 100 valence electrons. The van der Waals surface area contributed by atoms with E-state index in [1.165, 1.54) is 5.69 Å². The van der Waals surface area contributed by atoms with Crippen LogP contribution in [0.1, 0.15) is 26.7 Å². The highest BCUT2D eigenvalue weighted by Gasteiger charge is 2.38. The van der Waals surface area contributed by atoms with Crippen molar-refractivity contribution in [3.8, 4) is 5.75 Å². The first-order valence-electron chi connectivity index (χ1n) is 6.62. The fraction of sp³-hybridized carbons (Fsp3) is 0.600. The third-order valence-corrected chi connectivity index (χ3v) is 4.21. The van der Waals surface area contributed by atoms with Crippen molar-refractivity contribution in [2.24, 2.45) is 5.92 Å². The van der Waals surface area contributed by atoms with Crippen LogP contribution in [0.15, 0.2) is 24.3 Å². The number of anilines is 1. The summed E-state index contributed by atoms with van der Waals surface area (Å²) in [5.74, 6) is 1.21. The highest BCUT2D eigenvalue weighted by atomic mass is 16.5. The van der Waals surface area contributed by atoms with E-state index >= 15 is 0 Å². The molecule has 0 bridgehead atoms. The molecule has 1 atom stereocenters. The second-order valence-corrected chi connectivity index (χ2v) is 5.53. The maximum atomic E-state index is 9.54. The van der Waals surface area contributed by atoms with Gasteiger partial charge in [0.15, 0.2) is 0 Å². The molecule has 3 nitrogen and oxygen atoms in total. The average Bonchev–Trinajstić information content (AvgIpc) is 2.38. The van der Waals surface area contributed by atoms with Crippen molar-refractivity contribution in [2.75, 3.05) is 25.2 Å². The number of hydrogen-bond acceptors (Lipinski definition) is 3. The normalized spacial score (nSPS) is 22.9. The first-order valence-corrected chi connectivity index (χ1v) is 6.62. The lowest BCUT2D eigenvalue weighted by Crippen LogP contribution is -2.54. The zero-order chi connectivity index (χ0) is 13.2. The standard InChI is InChI=1S/C15H23NO2/c1-15(2)12(11-17)6-5-9-16(15)13-7-4-8-14(10-13)18-3/h4,7-8,10,12,17H,5-6,9,11H2,1-3H3. The summed E-state index contributed by atoms with van der Waals surface area (Å²) in [6.45, 7) is 5.73. The largest absolute Gasteiger partial charge is 0.497 e. The summed E-state index contributed by atoms with van der Waals surface area (Å²) in [6, 6.07) is 8.17. The zero-order valence-corrected chi connectivity index (χ0v) is 11.5. The van der Waals surface area contributed by atoms with E-state index in [1.54, 1.807) is 7.11 Å². The minimum absolute atomic E-state index is 0.0145. The highest BCUT2D eigenvalue weighted by Crippen LogP contribution is 2.37. The monoisotopic (exact) mass is 249 g/mol. The van der Waals surface area contributed by atoms with Crippen LogP contribution in [0.3, 0.4) is 0 Å². The van der Waals surface area contributed by atoms with Crippen molar-refractivity contribution in [2.45, 2.75) is 32.2 Å². The molecule has 0 saturated carbocycles. The van der Waals surface area contributed by atoms with Gasteiger partial charge in [-0.15, -0.1) is 0 Å². The van der Waals surface area contributed by atoms with Gasteiger partial charge in [0.1, 0.15) is 5.75 Å². The summed E-state index contributed by atoms with van der Waals surface area (Å²) in [7, 11) is 1.69. The van der Waals surface area contributed by atoms with Crippen LogP contribution in [-0.2, 0) is 0 Å². The summed E-state index contributed by atoms with van der Waals surface area (Å²) in [5.41, 5.74) is 1.16. The van der Waals surface area contributed by atoms with Crippen molar-refractivity contribution in [1.29, 1.82) is 0 Å². The van der Waals surface area contributed by atoms with E-state index in [4.69, 9.17) is 4.74 Å². The molecule has 1 saturated heterocycles. The Bertz CT molecular complexity index is 403. The molecule has 1 heterocycles. The van der Waals surface area contributed by atoms with Gasteiger partial charge < -0.3 is 14.7 Å². The third kappa shape index (κ3) is 2.32. The van der Waals surface area contributed by atoms with E-state index in [2.05, 4.69) is 30.9 Å². The predicted molar refractivity (Wildman–Crippen MR) is 74.2 cm³/mol. The molecule has 3 heteroatoms. The zero-order valence-electron chi connectivity index (χ0n) is 11.5. The van der Waals surface area contributed by atoms with Gasteiger partial charge in [0.25, 0.3) is 0 Å². The van der Waals surface area contributed by atoms with Crippen molar-refractivity contribution in [3.63, 3.8) is 0 Å². The number of aliphatic hydroxyl groups excluding tert-OH is 1. The maximum Gasteiger partial charge on any atom is 0.120 e. The van der Waals surface area contributed by atoms with Gasteiger partial charge in [0.2, 0.25) is 0 Å². The van der Waals surface area contributed by atoms with E-state index in [1.807, 2.05) is 12.1 Å². The van der Waals surface area contributed by atoms with Crippen LogP contribution in [0.25, 0.3) is 0 Å². The predicted octanol–water partition coefficient (Wildman–Crippen LogP) is 2.68. The lowest BCUT2D eigenvalue weighted by Gasteiger charge is -2.49. The smallest absolute Gasteiger partial charge is 0.120 e. The lowest BCUT2D eigenvalue weighted by atomic mass is 9.79. The van der Waals surface area contributed by atoms with Crippen LogP contribution in [0.4, 0.5) is 5.69 Å². The fourth-order valence-electron chi connectivity index (χ4n) is 2.91. The minimum atomic E-state index is -0.0145. The molecule has 0 radical (unpaired) electrons. The Morgan fingerprint density at radius 2 is 2.22 bits per heavy atom. The first kappa shape index (κ1) is 13.2. The SMILES string of the molecule is COc1cccc(N2CCCC(CO)C2(C)C)c1. The molecule has 0 spiro atoms. The number of ether oxygens (including phenoxy) is 1. The molecule has 1 aliphatic heterocycles. The van der Waals surface area contributed by atoms with Gasteiger partial charge in [0.05, 0.1) is 7.11 Å². The van der Waals surface area contributed by atoms with Crippen LogP contribution < -0.4 is 9.64 Å². The summed E-state index contributed by atoms with van der Waals surface area (Å²) < 4.78 is 5.29. The van der Waals surface area contributed by atoms with Gasteiger partial charge in [-0.3, -0.25) is 0 Å². The van der Waals surface area contributed by atoms with Gasteiger partial charge in [0, 0.05) is 36.4 Å². The maximum absolute atomic E-state index is 9.54. The molecule has 1 aromatic carbocycles. The van der Waals surface area contributed by atoms with Crippen LogP contribution in [0.2, 0.25) is 0 Å². The summed E-state index contributed by atoms with van der Waals surface area (Å²) in [5, 5.41) is 9.54. The van der Waals surface area contributed by atoms with Crippen LogP contribution >= 0.6 is 0 Å². The van der Waals surface area contributed by atoms with E-state index in [-0.39, 0.29) is 12.1 Å². The fourth-order valence-corrected chi connectivity index (χ4v) is 2.91. The van der Waals surface area contributed by atoms with Crippen molar-refractivity contribution >= 4 is 5.69 Å². The molecule has 1 N–H and O–H groups in total. The average molecular weight is 249 g/mol. The molecular formula is C15H23NO2. The molecule has 0 amide bonds. The Morgan fingerprint density at radius 3 is 2.89 bits per heavy atom. The third-order valence-electron chi connectivity index (χ3n) is 4.21. The second kappa shape index (κ2) is 5.19. The van der Waals surface area contributed by atoms with E-state index in [9.17, 15) is 5.11 Å². The molecule has 18 heavy (non-hydrogen) atoms. The minimum Gasteiger partial charge on any atom is -0.497 e. The summed E-state index contributed by atoms with van der Waals surface area (Å²) in [4.78, 5) is 2.39. The number of rotatable bonds is 3. The Kier molecular flexibility index (Phi) is 3.81. The molecular weight excluding hydrogens is 226 g/mol. The van der Waals surface area contributed by atoms with Crippen molar-refractivity contribution in [1.82, 2.24) is 0 Å². The molecule has 0 aliphatic carbocycles. The quantitative estimate of drug-likeness (QED) is 0.894. The van der Waals surface area contributed by atoms with Crippen molar-refractivity contribution in [3.05, 3.63) is 24.3 Å². The van der Waals surface area contributed by atoms with E-state index < -0.39 is 0 Å². The number of methoxy groups -OCH3 is 1. The number of piperidine rings is 1. The first-order chi connectivity index (χ1) is 8.59. The molecule has 0 aromatic heterocycles. The molecule has 2 rings (SSSR count). The van der Waals surface area contributed by atoms with Gasteiger partial charge in [-0.25, -0.2) is 0 Å².